The highest BCUT2D eigenvalue weighted by Gasteiger charge is 2.22. The number of carbonyl (C=O) groups excluding carboxylic acids is 1. The summed E-state index contributed by atoms with van der Waals surface area (Å²) in [6.07, 6.45) is 4.27. The van der Waals surface area contributed by atoms with Crippen molar-refractivity contribution in [2.75, 3.05) is 17.4 Å². The first-order chi connectivity index (χ1) is 15.6. The SMILES string of the molecule is CC(=O)Nc1cccc(-c2cn3nc(NC(Cc4ccccc4)C4=COCO4)sc3n2)c1. The number of nitrogens with zero attached hydrogens (tertiary/aromatic N) is 3. The molecule has 0 saturated carbocycles. The van der Waals surface area contributed by atoms with E-state index >= 15 is 0 Å². The van der Waals surface area contributed by atoms with Gasteiger partial charge < -0.3 is 20.1 Å². The van der Waals surface area contributed by atoms with Crippen LogP contribution in [0, 0.1) is 0 Å². The van der Waals surface area contributed by atoms with Gasteiger partial charge >= 0.3 is 0 Å². The molecular weight excluding hydrogens is 426 g/mol. The van der Waals surface area contributed by atoms with Crippen LogP contribution in [0.4, 0.5) is 10.8 Å². The first kappa shape index (κ1) is 20.1. The van der Waals surface area contributed by atoms with Gasteiger partial charge in [-0.15, -0.1) is 5.10 Å². The van der Waals surface area contributed by atoms with E-state index in [4.69, 9.17) is 14.5 Å². The molecule has 32 heavy (non-hydrogen) atoms. The second-order valence-corrected chi connectivity index (χ2v) is 8.31. The number of aromatic nitrogens is 3. The van der Waals surface area contributed by atoms with Gasteiger partial charge in [-0.25, -0.2) is 9.50 Å². The molecule has 9 heteroatoms. The second-order valence-electron chi connectivity index (χ2n) is 7.36. The van der Waals surface area contributed by atoms with Gasteiger partial charge in [-0.1, -0.05) is 53.8 Å². The van der Waals surface area contributed by atoms with Crippen LogP contribution in [0.5, 0.6) is 0 Å². The molecule has 1 aliphatic heterocycles. The zero-order valence-corrected chi connectivity index (χ0v) is 18.1. The Labute approximate surface area is 188 Å². The van der Waals surface area contributed by atoms with Crippen LogP contribution in [-0.4, -0.2) is 33.3 Å². The fourth-order valence-electron chi connectivity index (χ4n) is 3.51. The zero-order valence-electron chi connectivity index (χ0n) is 17.3. The topological polar surface area (TPSA) is 89.8 Å². The predicted octanol–water partition coefficient (Wildman–Crippen LogP) is 4.29. The largest absolute Gasteiger partial charge is 0.462 e. The molecule has 1 unspecified atom stereocenters. The molecule has 0 saturated heterocycles. The van der Waals surface area contributed by atoms with E-state index in [1.54, 1.807) is 10.8 Å². The molecule has 2 N–H and O–H groups in total. The molecule has 1 amide bonds. The van der Waals surface area contributed by atoms with Gasteiger partial charge in [-0.3, -0.25) is 4.79 Å². The van der Waals surface area contributed by atoms with Crippen molar-refractivity contribution in [3.63, 3.8) is 0 Å². The van der Waals surface area contributed by atoms with E-state index in [1.807, 2.05) is 48.7 Å². The molecule has 3 heterocycles. The highest BCUT2D eigenvalue weighted by molar-refractivity contribution is 7.20. The number of imidazole rings is 1. The Balaban J connectivity index is 1.37. The van der Waals surface area contributed by atoms with Gasteiger partial charge in [0.15, 0.2) is 5.76 Å². The quantitative estimate of drug-likeness (QED) is 0.439. The first-order valence-corrected chi connectivity index (χ1v) is 10.9. The van der Waals surface area contributed by atoms with Gasteiger partial charge in [-0.05, 0) is 24.1 Å². The van der Waals surface area contributed by atoms with Crippen LogP contribution >= 0.6 is 11.3 Å². The molecule has 1 atom stereocenters. The fourth-order valence-corrected chi connectivity index (χ4v) is 4.35. The highest BCUT2D eigenvalue weighted by Crippen LogP contribution is 2.28. The number of nitrogens with one attached hydrogen (secondary N) is 2. The van der Waals surface area contributed by atoms with E-state index in [-0.39, 0.29) is 18.7 Å². The Morgan fingerprint density at radius 1 is 1.22 bits per heavy atom. The average Bonchev–Trinajstić information content (AvgIpc) is 3.51. The van der Waals surface area contributed by atoms with Gasteiger partial charge in [0.1, 0.15) is 6.26 Å². The summed E-state index contributed by atoms with van der Waals surface area (Å²) in [7, 11) is 0. The Morgan fingerprint density at radius 3 is 2.84 bits per heavy atom. The van der Waals surface area contributed by atoms with E-state index in [0.29, 0.717) is 0 Å². The van der Waals surface area contributed by atoms with Crippen LogP contribution in [0.3, 0.4) is 0 Å². The molecular formula is C23H21N5O3S. The lowest BCUT2D eigenvalue weighted by molar-refractivity contribution is -0.114. The molecule has 2 aromatic carbocycles. The van der Waals surface area contributed by atoms with Crippen molar-refractivity contribution in [1.82, 2.24) is 14.6 Å². The Morgan fingerprint density at radius 2 is 2.09 bits per heavy atom. The maximum absolute atomic E-state index is 11.3. The van der Waals surface area contributed by atoms with Crippen LogP contribution in [0.2, 0.25) is 0 Å². The molecule has 162 valence electrons. The van der Waals surface area contributed by atoms with E-state index in [2.05, 4.69) is 27.9 Å². The molecule has 5 rings (SSSR count). The standard InChI is InChI=1S/C23H21N5O3S/c1-15(29)24-18-9-5-8-17(11-18)20-12-28-23(26-20)32-22(27-28)25-19(21-13-30-14-31-21)10-16-6-3-2-4-7-16/h2-9,11-13,19H,10,14H2,1H3,(H,24,29)(H,25,27). The summed E-state index contributed by atoms with van der Waals surface area (Å²) in [6.45, 7) is 1.71. The number of fused-ring (bicyclic) bond motifs is 1. The summed E-state index contributed by atoms with van der Waals surface area (Å²) in [5, 5.41) is 11.6. The first-order valence-electron chi connectivity index (χ1n) is 10.1. The maximum Gasteiger partial charge on any atom is 0.229 e. The molecule has 0 aliphatic carbocycles. The predicted molar refractivity (Wildman–Crippen MR) is 123 cm³/mol. The van der Waals surface area contributed by atoms with Gasteiger partial charge in [0.2, 0.25) is 22.8 Å². The average molecular weight is 448 g/mol. The lowest BCUT2D eigenvalue weighted by Crippen LogP contribution is -2.25. The number of carbonyl (C=O) groups is 1. The summed E-state index contributed by atoms with van der Waals surface area (Å²) in [4.78, 5) is 16.8. The zero-order chi connectivity index (χ0) is 21.9. The van der Waals surface area contributed by atoms with Gasteiger partial charge in [0.25, 0.3) is 0 Å². The Hall–Kier alpha value is -3.85. The Bertz CT molecular complexity index is 1250. The van der Waals surface area contributed by atoms with E-state index in [9.17, 15) is 4.79 Å². The minimum atomic E-state index is -0.109. The molecule has 0 fully saturated rings. The van der Waals surface area contributed by atoms with Crippen molar-refractivity contribution in [2.24, 2.45) is 0 Å². The summed E-state index contributed by atoms with van der Waals surface area (Å²) >= 11 is 1.46. The minimum Gasteiger partial charge on any atom is -0.462 e. The molecule has 1 aliphatic rings. The molecule has 4 aromatic rings. The molecule has 0 spiro atoms. The third kappa shape index (κ3) is 4.42. The highest BCUT2D eigenvalue weighted by atomic mass is 32.1. The second kappa shape index (κ2) is 8.72. The monoisotopic (exact) mass is 447 g/mol. The Kier molecular flexibility index (Phi) is 5.47. The lowest BCUT2D eigenvalue weighted by atomic mass is 10.1. The van der Waals surface area contributed by atoms with Crippen LogP contribution in [0.25, 0.3) is 16.2 Å². The summed E-state index contributed by atoms with van der Waals surface area (Å²) in [5.41, 5.74) is 3.62. The number of hydrogen-bond acceptors (Lipinski definition) is 7. The lowest BCUT2D eigenvalue weighted by Gasteiger charge is -2.17. The van der Waals surface area contributed by atoms with Crippen LogP contribution in [0.15, 0.2) is 72.8 Å². The smallest absolute Gasteiger partial charge is 0.229 e. The number of rotatable bonds is 7. The van der Waals surface area contributed by atoms with Crippen molar-refractivity contribution < 1.29 is 14.3 Å². The van der Waals surface area contributed by atoms with Crippen molar-refractivity contribution in [3.05, 3.63) is 78.4 Å². The van der Waals surface area contributed by atoms with E-state index in [0.717, 1.165) is 39.2 Å². The van der Waals surface area contributed by atoms with Crippen molar-refractivity contribution in [2.45, 2.75) is 19.4 Å². The fraction of sp³-hybridized carbons (Fsp3) is 0.174. The van der Waals surface area contributed by atoms with Crippen molar-refractivity contribution in [1.29, 1.82) is 0 Å². The number of hydrogen-bond donors (Lipinski definition) is 2. The van der Waals surface area contributed by atoms with Crippen LogP contribution < -0.4 is 10.6 Å². The molecule has 2 aromatic heterocycles. The third-order valence-corrected chi connectivity index (χ3v) is 5.79. The maximum atomic E-state index is 11.3. The summed E-state index contributed by atoms with van der Waals surface area (Å²) < 4.78 is 12.7. The third-order valence-electron chi connectivity index (χ3n) is 4.94. The number of benzene rings is 2. The van der Waals surface area contributed by atoms with Crippen LogP contribution in [0.1, 0.15) is 12.5 Å². The number of ether oxygens (including phenoxy) is 2. The molecule has 0 bridgehead atoms. The van der Waals surface area contributed by atoms with E-state index < -0.39 is 0 Å². The van der Waals surface area contributed by atoms with Gasteiger partial charge in [0, 0.05) is 18.2 Å². The van der Waals surface area contributed by atoms with Gasteiger partial charge in [0.05, 0.1) is 17.9 Å². The number of anilines is 2. The molecule has 0 radical (unpaired) electrons. The normalized spacial score (nSPS) is 13.8. The van der Waals surface area contributed by atoms with Crippen molar-refractivity contribution in [3.8, 4) is 11.3 Å². The van der Waals surface area contributed by atoms with E-state index in [1.165, 1.54) is 23.8 Å². The van der Waals surface area contributed by atoms with Gasteiger partial charge in [-0.2, -0.15) is 0 Å². The summed E-state index contributed by atoms with van der Waals surface area (Å²) in [5.74, 6) is 0.638. The van der Waals surface area contributed by atoms with Crippen LogP contribution in [-0.2, 0) is 20.7 Å². The summed E-state index contributed by atoms with van der Waals surface area (Å²) in [6, 6.07) is 17.7. The number of amides is 1. The molecule has 8 nitrogen and oxygen atoms in total. The minimum absolute atomic E-state index is 0.107. The van der Waals surface area contributed by atoms with Crippen molar-refractivity contribution >= 4 is 33.0 Å².